The molecule has 6 nitrogen and oxygen atoms in total. The van der Waals surface area contributed by atoms with E-state index in [1.165, 1.54) is 23.2 Å². The molecule has 164 valence electrons. The number of fused-ring (bicyclic) bond motifs is 5. The van der Waals surface area contributed by atoms with Gasteiger partial charge in [0.05, 0.1) is 24.6 Å². The van der Waals surface area contributed by atoms with Gasteiger partial charge < -0.3 is 9.84 Å². The van der Waals surface area contributed by atoms with Crippen LogP contribution in [0, 0.1) is 35.0 Å². The molecule has 1 aromatic rings. The molecule has 7 atom stereocenters. The highest BCUT2D eigenvalue weighted by atomic mass is 16.5. The Balaban J connectivity index is 1.33. The molecule has 3 saturated carbocycles. The van der Waals surface area contributed by atoms with E-state index in [-0.39, 0.29) is 11.3 Å². The fourth-order valence-corrected chi connectivity index (χ4v) is 7.86. The lowest BCUT2D eigenvalue weighted by Gasteiger charge is -2.54. The standard InChI is InChI=1S/C24H35N3O3/c1-23-9-7-18-17-8-10-24(29,15-30-2)13-16(17)3-4-19(18)20(23)5-6-21(23)22(28)14-27-25-11-12-26-27/h3,11-12,17-21,29H,4-10,13-15H2,1-2H3/t17-,18+,19?,20-,21+,23-,24+/m0/s1. The molecular formula is C24H35N3O3. The molecule has 4 aliphatic rings. The average molecular weight is 414 g/mol. The zero-order chi connectivity index (χ0) is 20.9. The minimum atomic E-state index is -0.682. The van der Waals surface area contributed by atoms with Crippen molar-refractivity contribution in [3.05, 3.63) is 24.0 Å². The number of aliphatic hydroxyl groups is 1. The van der Waals surface area contributed by atoms with Gasteiger partial charge in [-0.2, -0.15) is 15.0 Å². The molecule has 1 unspecified atom stereocenters. The lowest BCUT2D eigenvalue weighted by atomic mass is 9.51. The number of hydrogen-bond acceptors (Lipinski definition) is 5. The van der Waals surface area contributed by atoms with Crippen LogP contribution in [0.1, 0.15) is 58.3 Å². The van der Waals surface area contributed by atoms with Crippen LogP contribution < -0.4 is 0 Å². The van der Waals surface area contributed by atoms with Crippen molar-refractivity contribution in [1.29, 1.82) is 0 Å². The maximum Gasteiger partial charge on any atom is 0.159 e. The number of carbonyl (C=O) groups excluding carboxylic acids is 1. The minimum Gasteiger partial charge on any atom is -0.387 e. The largest absolute Gasteiger partial charge is 0.387 e. The SMILES string of the molecule is COC[C@@]1(O)CC[C@H]2C(=CCC3[C@@H]2CC[C@]2(C)[C@@H](C(=O)Cn4nccn4)CC[C@@H]32)C1. The van der Waals surface area contributed by atoms with Crippen molar-refractivity contribution in [2.45, 2.75) is 70.4 Å². The summed E-state index contributed by atoms with van der Waals surface area (Å²) in [4.78, 5) is 14.7. The third-order valence-electron chi connectivity index (χ3n) is 9.16. The van der Waals surface area contributed by atoms with Crippen molar-refractivity contribution in [2.24, 2.45) is 35.0 Å². The first kappa shape index (κ1) is 20.4. The molecule has 5 rings (SSSR count). The van der Waals surface area contributed by atoms with Crippen LogP contribution in [0.5, 0.6) is 0 Å². The van der Waals surface area contributed by atoms with Gasteiger partial charge in [0, 0.05) is 13.0 Å². The van der Waals surface area contributed by atoms with Gasteiger partial charge in [-0.25, -0.2) is 0 Å². The van der Waals surface area contributed by atoms with Gasteiger partial charge in [0.2, 0.25) is 0 Å². The van der Waals surface area contributed by atoms with Crippen LogP contribution in [-0.2, 0) is 16.1 Å². The monoisotopic (exact) mass is 413 g/mol. The molecule has 4 aliphatic carbocycles. The number of carbonyl (C=O) groups is 1. The average Bonchev–Trinajstić information content (AvgIpc) is 3.34. The Hall–Kier alpha value is -1.53. The summed E-state index contributed by atoms with van der Waals surface area (Å²) in [5.74, 6) is 3.10. The van der Waals surface area contributed by atoms with Crippen LogP contribution >= 0.6 is 0 Å². The van der Waals surface area contributed by atoms with E-state index < -0.39 is 5.60 Å². The summed E-state index contributed by atoms with van der Waals surface area (Å²) in [7, 11) is 1.68. The van der Waals surface area contributed by atoms with Gasteiger partial charge in [0.15, 0.2) is 5.78 Å². The van der Waals surface area contributed by atoms with Crippen molar-refractivity contribution >= 4 is 5.78 Å². The van der Waals surface area contributed by atoms with Crippen molar-refractivity contribution in [2.75, 3.05) is 13.7 Å². The third kappa shape index (κ3) is 3.27. The maximum atomic E-state index is 13.1. The smallest absolute Gasteiger partial charge is 0.159 e. The van der Waals surface area contributed by atoms with Crippen LogP contribution in [0.15, 0.2) is 24.0 Å². The second-order valence-corrected chi connectivity index (χ2v) is 10.6. The number of Topliss-reactive ketones (excluding diaryl/α,β-unsaturated/α-hetero) is 1. The molecule has 0 saturated heterocycles. The first-order valence-corrected chi connectivity index (χ1v) is 11.7. The van der Waals surface area contributed by atoms with E-state index >= 15 is 0 Å². The molecule has 1 N–H and O–H groups in total. The van der Waals surface area contributed by atoms with Crippen molar-refractivity contribution in [3.63, 3.8) is 0 Å². The summed E-state index contributed by atoms with van der Waals surface area (Å²) in [6, 6.07) is 0. The normalized spacial score (nSPS) is 42.8. The predicted octanol–water partition coefficient (Wildman–Crippen LogP) is 3.41. The highest BCUT2D eigenvalue weighted by Gasteiger charge is 2.57. The van der Waals surface area contributed by atoms with E-state index in [1.807, 2.05) is 0 Å². The van der Waals surface area contributed by atoms with Crippen molar-refractivity contribution in [3.8, 4) is 0 Å². The number of ether oxygens (including phenoxy) is 1. The summed E-state index contributed by atoms with van der Waals surface area (Å²) >= 11 is 0. The molecule has 3 fully saturated rings. The quantitative estimate of drug-likeness (QED) is 0.749. The molecule has 6 heteroatoms. The van der Waals surface area contributed by atoms with Gasteiger partial charge in [-0.05, 0) is 80.5 Å². The Morgan fingerprint density at radius 2 is 2.00 bits per heavy atom. The van der Waals surface area contributed by atoms with Crippen LogP contribution in [0.2, 0.25) is 0 Å². The Morgan fingerprint density at radius 1 is 1.20 bits per heavy atom. The van der Waals surface area contributed by atoms with E-state index in [4.69, 9.17) is 4.74 Å². The highest BCUT2D eigenvalue weighted by molar-refractivity contribution is 5.82. The number of hydrogen-bond donors (Lipinski definition) is 1. The number of nitrogens with zero attached hydrogens (tertiary/aromatic N) is 3. The molecular weight excluding hydrogens is 378 g/mol. The van der Waals surface area contributed by atoms with E-state index in [0.717, 1.165) is 44.4 Å². The van der Waals surface area contributed by atoms with Crippen LogP contribution in [-0.4, -0.2) is 45.2 Å². The number of rotatable bonds is 5. The lowest BCUT2D eigenvalue weighted by molar-refractivity contribution is -0.130. The predicted molar refractivity (Wildman–Crippen MR) is 112 cm³/mol. The summed E-state index contributed by atoms with van der Waals surface area (Å²) < 4.78 is 5.29. The second kappa shape index (κ2) is 7.56. The number of allylic oxidation sites excluding steroid dienone is 1. The Morgan fingerprint density at radius 3 is 2.77 bits per heavy atom. The molecule has 1 aromatic heterocycles. The molecule has 1 heterocycles. The zero-order valence-electron chi connectivity index (χ0n) is 18.3. The summed E-state index contributed by atoms with van der Waals surface area (Å²) in [5.41, 5.74) is 0.904. The van der Waals surface area contributed by atoms with Gasteiger partial charge in [-0.3, -0.25) is 4.79 Å². The molecule has 0 aliphatic heterocycles. The molecule has 0 amide bonds. The molecule has 0 spiro atoms. The first-order valence-electron chi connectivity index (χ1n) is 11.7. The van der Waals surface area contributed by atoms with Crippen LogP contribution in [0.3, 0.4) is 0 Å². The van der Waals surface area contributed by atoms with Gasteiger partial charge in [0.1, 0.15) is 6.54 Å². The van der Waals surface area contributed by atoms with E-state index in [1.54, 1.807) is 19.5 Å². The minimum absolute atomic E-state index is 0.113. The molecule has 0 radical (unpaired) electrons. The van der Waals surface area contributed by atoms with Crippen molar-refractivity contribution in [1.82, 2.24) is 15.0 Å². The summed E-state index contributed by atoms with van der Waals surface area (Å²) in [6.45, 7) is 3.12. The highest BCUT2D eigenvalue weighted by Crippen LogP contribution is 2.63. The molecule has 30 heavy (non-hydrogen) atoms. The fraction of sp³-hybridized carbons (Fsp3) is 0.792. The Labute approximate surface area is 179 Å². The number of aromatic nitrogens is 3. The fourth-order valence-electron chi connectivity index (χ4n) is 7.86. The molecule has 0 bridgehead atoms. The first-order chi connectivity index (χ1) is 14.4. The lowest BCUT2D eigenvalue weighted by Crippen LogP contribution is -2.49. The van der Waals surface area contributed by atoms with E-state index in [9.17, 15) is 9.90 Å². The van der Waals surface area contributed by atoms with Crippen LogP contribution in [0.4, 0.5) is 0 Å². The molecule has 0 aromatic carbocycles. The Kier molecular flexibility index (Phi) is 5.13. The van der Waals surface area contributed by atoms with Crippen LogP contribution in [0.25, 0.3) is 0 Å². The van der Waals surface area contributed by atoms with Gasteiger partial charge in [0.25, 0.3) is 0 Å². The number of ketones is 1. The zero-order valence-corrected chi connectivity index (χ0v) is 18.3. The topological polar surface area (TPSA) is 77.2 Å². The summed E-state index contributed by atoms with van der Waals surface area (Å²) in [6.07, 6.45) is 14.1. The van der Waals surface area contributed by atoms with Crippen molar-refractivity contribution < 1.29 is 14.6 Å². The Bertz CT molecular complexity index is 822. The summed E-state index contributed by atoms with van der Waals surface area (Å²) in [5, 5.41) is 19.2. The van der Waals surface area contributed by atoms with Gasteiger partial charge in [-0.1, -0.05) is 18.6 Å². The number of methoxy groups -OCH3 is 1. The van der Waals surface area contributed by atoms with E-state index in [2.05, 4.69) is 23.2 Å². The third-order valence-corrected chi connectivity index (χ3v) is 9.16. The van der Waals surface area contributed by atoms with Gasteiger partial charge in [-0.15, -0.1) is 0 Å². The van der Waals surface area contributed by atoms with Gasteiger partial charge >= 0.3 is 0 Å². The maximum absolute atomic E-state index is 13.1. The van der Waals surface area contributed by atoms with E-state index in [0.29, 0.717) is 36.7 Å². The second-order valence-electron chi connectivity index (χ2n) is 10.6.